The summed E-state index contributed by atoms with van der Waals surface area (Å²) in [5.74, 6) is -1.38. The van der Waals surface area contributed by atoms with Gasteiger partial charge in [0.25, 0.3) is 5.91 Å². The molecule has 0 spiro atoms. The number of hydrogen-bond acceptors (Lipinski definition) is 5. The summed E-state index contributed by atoms with van der Waals surface area (Å²) >= 11 is 0. The van der Waals surface area contributed by atoms with Gasteiger partial charge in [0.15, 0.2) is 5.71 Å². The van der Waals surface area contributed by atoms with E-state index in [0.717, 1.165) is 5.69 Å². The molecule has 1 aliphatic rings. The summed E-state index contributed by atoms with van der Waals surface area (Å²) in [5, 5.41) is 24.1. The van der Waals surface area contributed by atoms with Crippen LogP contribution in [0.2, 0.25) is 0 Å². The summed E-state index contributed by atoms with van der Waals surface area (Å²) in [5.41, 5.74) is 5.92. The molecule has 4 rings (SSSR count). The van der Waals surface area contributed by atoms with E-state index >= 15 is 0 Å². The van der Waals surface area contributed by atoms with Gasteiger partial charge >= 0.3 is 5.97 Å². The number of carboxylic acids is 1. The number of nitrogens with zero attached hydrogens (tertiary/aromatic N) is 2. The fourth-order valence-electron chi connectivity index (χ4n) is 3.26. The molecule has 144 valence electrons. The van der Waals surface area contributed by atoms with Crippen molar-refractivity contribution in [2.75, 3.05) is 17.4 Å². The van der Waals surface area contributed by atoms with Crippen LogP contribution in [0.1, 0.15) is 15.9 Å². The molecule has 0 bridgehead atoms. The third-order valence-corrected chi connectivity index (χ3v) is 4.77. The van der Waals surface area contributed by atoms with Gasteiger partial charge in [-0.3, -0.25) is 10.2 Å². The molecule has 7 nitrogen and oxygen atoms in total. The van der Waals surface area contributed by atoms with Crippen molar-refractivity contribution in [3.8, 4) is 16.9 Å². The summed E-state index contributed by atoms with van der Waals surface area (Å²) in [7, 11) is 1.68. The molecule has 0 radical (unpaired) electrons. The second kappa shape index (κ2) is 7.12. The number of carboxylic acid groups (broad SMARTS) is 1. The highest BCUT2D eigenvalue weighted by atomic mass is 16.4. The molecule has 0 saturated carbocycles. The first kappa shape index (κ1) is 18.2. The van der Waals surface area contributed by atoms with Crippen LogP contribution in [0, 0.1) is 0 Å². The second-order valence-corrected chi connectivity index (χ2v) is 6.54. The van der Waals surface area contributed by atoms with Crippen molar-refractivity contribution in [2.45, 2.75) is 0 Å². The summed E-state index contributed by atoms with van der Waals surface area (Å²) in [4.78, 5) is 25.2. The molecule has 0 aliphatic carbocycles. The Morgan fingerprint density at radius 3 is 2.52 bits per heavy atom. The van der Waals surface area contributed by atoms with E-state index in [1.807, 2.05) is 24.3 Å². The van der Waals surface area contributed by atoms with Crippen molar-refractivity contribution in [2.24, 2.45) is 5.10 Å². The average Bonchev–Trinajstić information content (AvgIpc) is 2.98. The lowest BCUT2D eigenvalue weighted by Crippen LogP contribution is -2.26. The molecule has 0 atom stereocenters. The molecule has 0 aromatic heterocycles. The Morgan fingerprint density at radius 1 is 1.00 bits per heavy atom. The van der Waals surface area contributed by atoms with Gasteiger partial charge in [0.05, 0.1) is 16.9 Å². The van der Waals surface area contributed by atoms with Gasteiger partial charge in [-0.05, 0) is 29.8 Å². The SMILES string of the molecule is CN1C(=O)/C(=N\Nc2cccc(-c3cccc(C(=O)O)c3)c2O)c2ccccc21. The van der Waals surface area contributed by atoms with Gasteiger partial charge in [-0.15, -0.1) is 0 Å². The van der Waals surface area contributed by atoms with E-state index in [9.17, 15) is 19.8 Å². The van der Waals surface area contributed by atoms with Crippen molar-refractivity contribution in [3.05, 3.63) is 77.9 Å². The number of carbonyl (C=O) groups excluding carboxylic acids is 1. The Bertz CT molecular complexity index is 1170. The van der Waals surface area contributed by atoms with Crippen LogP contribution in [0.4, 0.5) is 11.4 Å². The van der Waals surface area contributed by atoms with E-state index in [4.69, 9.17) is 0 Å². The molecule has 1 amide bonds. The number of para-hydroxylation sites is 2. The zero-order chi connectivity index (χ0) is 20.5. The summed E-state index contributed by atoms with van der Waals surface area (Å²) in [6.45, 7) is 0. The minimum atomic E-state index is -1.05. The molecular formula is C22H17N3O4. The summed E-state index contributed by atoms with van der Waals surface area (Å²) in [6, 6.07) is 18.6. The first-order valence-corrected chi connectivity index (χ1v) is 8.84. The molecule has 29 heavy (non-hydrogen) atoms. The summed E-state index contributed by atoms with van der Waals surface area (Å²) in [6.07, 6.45) is 0. The molecule has 7 heteroatoms. The number of carbonyl (C=O) groups is 2. The van der Waals surface area contributed by atoms with Crippen molar-refractivity contribution >= 4 is 29.0 Å². The second-order valence-electron chi connectivity index (χ2n) is 6.54. The number of hydrogen-bond donors (Lipinski definition) is 3. The highest BCUT2D eigenvalue weighted by Gasteiger charge is 2.31. The average molecular weight is 387 g/mol. The van der Waals surface area contributed by atoms with Crippen molar-refractivity contribution in [3.63, 3.8) is 0 Å². The van der Waals surface area contributed by atoms with E-state index < -0.39 is 5.97 Å². The number of aromatic hydroxyl groups is 1. The number of amides is 1. The maximum absolute atomic E-state index is 12.5. The van der Waals surface area contributed by atoms with E-state index in [2.05, 4.69) is 10.5 Å². The van der Waals surface area contributed by atoms with Crippen LogP contribution < -0.4 is 10.3 Å². The van der Waals surface area contributed by atoms with Crippen LogP contribution in [-0.4, -0.2) is 34.8 Å². The molecule has 0 saturated heterocycles. The topological polar surface area (TPSA) is 102 Å². The third-order valence-electron chi connectivity index (χ3n) is 4.77. The zero-order valence-electron chi connectivity index (χ0n) is 15.5. The van der Waals surface area contributed by atoms with Crippen LogP contribution in [0.15, 0.2) is 71.8 Å². The van der Waals surface area contributed by atoms with Crippen LogP contribution >= 0.6 is 0 Å². The summed E-state index contributed by atoms with van der Waals surface area (Å²) < 4.78 is 0. The number of phenols is 1. The molecule has 1 heterocycles. The van der Waals surface area contributed by atoms with Gasteiger partial charge in [-0.2, -0.15) is 5.10 Å². The van der Waals surface area contributed by atoms with Gasteiger partial charge in [-0.1, -0.05) is 42.5 Å². The number of anilines is 2. The first-order valence-electron chi connectivity index (χ1n) is 8.84. The van der Waals surface area contributed by atoms with Gasteiger partial charge in [0.2, 0.25) is 0 Å². The number of benzene rings is 3. The standard InChI is InChI=1S/C22H17N3O4/c1-25-18-11-3-2-8-16(18)19(21(25)27)24-23-17-10-5-9-15(20(17)26)13-6-4-7-14(12-13)22(28)29/h2-12,23,26H,1H3,(H,28,29)/b24-19-. The van der Waals surface area contributed by atoms with Crippen LogP contribution in [0.25, 0.3) is 11.1 Å². The predicted molar refractivity (Wildman–Crippen MR) is 111 cm³/mol. The molecular weight excluding hydrogens is 370 g/mol. The van der Waals surface area contributed by atoms with Crippen LogP contribution in [0.5, 0.6) is 5.75 Å². The quantitative estimate of drug-likeness (QED) is 0.469. The molecule has 3 aromatic carbocycles. The molecule has 1 aliphatic heterocycles. The molecule has 3 N–H and O–H groups in total. The molecule has 0 fully saturated rings. The van der Waals surface area contributed by atoms with Crippen LogP contribution in [0.3, 0.4) is 0 Å². The maximum Gasteiger partial charge on any atom is 0.335 e. The Balaban J connectivity index is 1.69. The number of rotatable bonds is 4. The fourth-order valence-corrected chi connectivity index (χ4v) is 3.26. The normalized spacial score (nSPS) is 14.2. The lowest BCUT2D eigenvalue weighted by Gasteiger charge is -2.10. The molecule has 0 unspecified atom stereocenters. The zero-order valence-corrected chi connectivity index (χ0v) is 15.5. The number of hydrazone groups is 1. The minimum absolute atomic E-state index is 0.0912. The minimum Gasteiger partial charge on any atom is -0.505 e. The van der Waals surface area contributed by atoms with E-state index in [1.165, 1.54) is 17.0 Å². The highest BCUT2D eigenvalue weighted by Crippen LogP contribution is 2.36. The number of phenolic OH excluding ortho intramolecular Hbond substituents is 1. The Morgan fingerprint density at radius 2 is 1.72 bits per heavy atom. The molecule has 3 aromatic rings. The van der Waals surface area contributed by atoms with E-state index in [1.54, 1.807) is 37.4 Å². The van der Waals surface area contributed by atoms with Crippen molar-refractivity contribution in [1.82, 2.24) is 0 Å². The maximum atomic E-state index is 12.5. The van der Waals surface area contributed by atoms with Gasteiger partial charge in [0, 0.05) is 18.2 Å². The first-order chi connectivity index (χ1) is 14.0. The number of nitrogens with one attached hydrogen (secondary N) is 1. The van der Waals surface area contributed by atoms with E-state index in [-0.39, 0.29) is 22.9 Å². The lowest BCUT2D eigenvalue weighted by molar-refractivity contribution is -0.111. The predicted octanol–water partition coefficient (Wildman–Crippen LogP) is 3.55. The highest BCUT2D eigenvalue weighted by molar-refractivity contribution is 6.54. The third kappa shape index (κ3) is 3.19. The van der Waals surface area contributed by atoms with Crippen molar-refractivity contribution < 1.29 is 19.8 Å². The Hall–Kier alpha value is -4.13. The number of fused-ring (bicyclic) bond motifs is 1. The van der Waals surface area contributed by atoms with Crippen LogP contribution in [-0.2, 0) is 4.79 Å². The number of likely N-dealkylation sites (N-methyl/N-ethyl adjacent to an activating group) is 1. The van der Waals surface area contributed by atoms with Gasteiger partial charge < -0.3 is 15.1 Å². The fraction of sp³-hybridized carbons (Fsp3) is 0.0455. The van der Waals surface area contributed by atoms with Gasteiger partial charge in [0.1, 0.15) is 5.75 Å². The smallest absolute Gasteiger partial charge is 0.335 e. The Kier molecular flexibility index (Phi) is 4.48. The lowest BCUT2D eigenvalue weighted by atomic mass is 10.0. The number of aromatic carboxylic acids is 1. The Labute approximate surface area is 166 Å². The van der Waals surface area contributed by atoms with E-state index in [0.29, 0.717) is 22.4 Å². The monoisotopic (exact) mass is 387 g/mol. The van der Waals surface area contributed by atoms with Gasteiger partial charge in [-0.25, -0.2) is 4.79 Å². The largest absolute Gasteiger partial charge is 0.505 e. The van der Waals surface area contributed by atoms with Crippen molar-refractivity contribution in [1.29, 1.82) is 0 Å².